The number of fused-ring (bicyclic) bond motifs is 4. The van der Waals surface area contributed by atoms with Crippen LogP contribution in [0.15, 0.2) is 85.5 Å². The molecule has 3 amide bonds. The standard InChI is InChI=1S/C45H48N6O6/c1-29-7-13-39(42(52)48-29)51-43(53)35-12-10-32(22-36(35)44(51)54)56-20-6-5-19-55-18-4-3-17-50-27-45(28-50)23-33(24-45)57-41-14-9-31(25-47-41)30-8-11-34-37-26-46-16-15-38(37)49(2)40(34)21-30/h8-12,14-16,21-22,25-26,33,39H,1,3-7,13,17-20,23-24,27-28H2,2H3,(H,48,52). The zero-order valence-electron chi connectivity index (χ0n) is 32.4. The van der Waals surface area contributed by atoms with Crippen molar-refractivity contribution in [2.24, 2.45) is 12.5 Å². The normalized spacial score (nSPS) is 19.2. The van der Waals surface area contributed by atoms with Crippen molar-refractivity contribution in [3.05, 3.63) is 96.6 Å². The zero-order valence-corrected chi connectivity index (χ0v) is 32.4. The summed E-state index contributed by atoms with van der Waals surface area (Å²) in [6, 6.07) is 16.8. The number of nitrogens with zero attached hydrogens (tertiary/aromatic N) is 5. The molecule has 1 saturated carbocycles. The van der Waals surface area contributed by atoms with Crippen LogP contribution in [0.5, 0.6) is 11.6 Å². The van der Waals surface area contributed by atoms with E-state index in [2.05, 4.69) is 68.7 Å². The molecule has 6 heterocycles. The van der Waals surface area contributed by atoms with Gasteiger partial charge in [0.15, 0.2) is 0 Å². The van der Waals surface area contributed by atoms with Gasteiger partial charge >= 0.3 is 0 Å². The van der Waals surface area contributed by atoms with E-state index >= 15 is 0 Å². The Kier molecular flexibility index (Phi) is 10.00. The SMILES string of the molecule is C=C1CCC(N2C(=O)c3ccc(OCCCCOCCCCN4CC5(CC(Oc6ccc(-c7ccc8c9cnccc9n(C)c8c7)cn6)C5)C4)cc3C2=O)C(=O)N1. The highest BCUT2D eigenvalue weighted by atomic mass is 16.5. The van der Waals surface area contributed by atoms with E-state index in [1.54, 1.807) is 18.2 Å². The van der Waals surface area contributed by atoms with Gasteiger partial charge < -0.3 is 29.0 Å². The summed E-state index contributed by atoms with van der Waals surface area (Å²) in [7, 11) is 2.10. The smallest absolute Gasteiger partial charge is 0.262 e. The number of likely N-dealkylation sites (tertiary alicyclic amines) is 1. The molecule has 294 valence electrons. The minimum absolute atomic E-state index is 0.234. The first-order valence-electron chi connectivity index (χ1n) is 20.1. The van der Waals surface area contributed by atoms with Crippen LogP contribution in [-0.2, 0) is 16.6 Å². The average molecular weight is 769 g/mol. The highest BCUT2D eigenvalue weighted by molar-refractivity contribution is 6.23. The van der Waals surface area contributed by atoms with Gasteiger partial charge in [-0.25, -0.2) is 4.98 Å². The molecule has 1 atom stereocenters. The van der Waals surface area contributed by atoms with Gasteiger partial charge in [-0.1, -0.05) is 18.7 Å². The van der Waals surface area contributed by atoms with Crippen molar-refractivity contribution in [2.45, 2.75) is 63.5 Å². The van der Waals surface area contributed by atoms with E-state index in [1.807, 2.05) is 24.7 Å². The van der Waals surface area contributed by atoms with Gasteiger partial charge in [0.05, 0.1) is 23.3 Å². The van der Waals surface area contributed by atoms with Crippen LogP contribution in [-0.4, -0.2) is 93.7 Å². The molecule has 5 aromatic rings. The number of piperidine rings is 1. The molecular weight excluding hydrogens is 721 g/mol. The number of pyridine rings is 2. The van der Waals surface area contributed by atoms with Crippen molar-refractivity contribution in [3.8, 4) is 22.8 Å². The van der Waals surface area contributed by atoms with Gasteiger partial charge in [-0.15, -0.1) is 0 Å². The number of amides is 3. The summed E-state index contributed by atoms with van der Waals surface area (Å²) in [6.07, 6.45) is 12.8. The molecule has 1 spiro atoms. The lowest BCUT2D eigenvalue weighted by Crippen LogP contribution is -2.64. The van der Waals surface area contributed by atoms with Crippen LogP contribution in [0, 0.1) is 5.41 Å². The lowest BCUT2D eigenvalue weighted by molar-refractivity contribution is -0.125. The minimum Gasteiger partial charge on any atom is -0.494 e. The van der Waals surface area contributed by atoms with Crippen LogP contribution >= 0.6 is 0 Å². The molecule has 3 fully saturated rings. The summed E-state index contributed by atoms with van der Waals surface area (Å²) in [5.74, 6) is -0.0499. The molecule has 2 saturated heterocycles. The minimum atomic E-state index is -0.824. The van der Waals surface area contributed by atoms with Crippen LogP contribution in [0.3, 0.4) is 0 Å². The number of aryl methyl sites for hydroxylation is 1. The molecule has 1 unspecified atom stereocenters. The first kappa shape index (κ1) is 37.0. The Bertz CT molecular complexity index is 2360. The zero-order chi connectivity index (χ0) is 39.1. The van der Waals surface area contributed by atoms with Gasteiger partial charge in [-0.05, 0) is 99.9 Å². The molecule has 0 radical (unpaired) electrons. The number of carbonyl (C=O) groups is 3. The van der Waals surface area contributed by atoms with E-state index in [9.17, 15) is 14.4 Å². The number of unbranched alkanes of at least 4 members (excludes halogenated alkanes) is 2. The van der Waals surface area contributed by atoms with E-state index in [1.165, 1.54) is 21.8 Å². The first-order chi connectivity index (χ1) is 27.7. The number of imide groups is 1. The Balaban J connectivity index is 0.621. The second-order valence-corrected chi connectivity index (χ2v) is 16.1. The first-order valence-corrected chi connectivity index (χ1v) is 20.1. The van der Waals surface area contributed by atoms with Gasteiger partial charge in [-0.2, -0.15) is 0 Å². The van der Waals surface area contributed by atoms with Crippen molar-refractivity contribution in [2.75, 3.05) is 39.5 Å². The molecule has 1 N–H and O–H groups in total. The third-order valence-corrected chi connectivity index (χ3v) is 12.1. The number of hydrogen-bond acceptors (Lipinski definition) is 9. The molecule has 0 bridgehead atoms. The third kappa shape index (κ3) is 7.28. The predicted molar refractivity (Wildman–Crippen MR) is 216 cm³/mol. The number of allylic oxidation sites excluding steroid dienone is 1. The van der Waals surface area contributed by atoms with Crippen molar-refractivity contribution in [1.82, 2.24) is 29.7 Å². The van der Waals surface area contributed by atoms with Gasteiger partial charge in [0.1, 0.15) is 17.9 Å². The van der Waals surface area contributed by atoms with E-state index in [0.717, 1.165) is 80.8 Å². The Labute approximate surface area is 331 Å². The summed E-state index contributed by atoms with van der Waals surface area (Å²) in [5.41, 5.74) is 6.15. The highest BCUT2D eigenvalue weighted by Gasteiger charge is 2.53. The number of ether oxygens (including phenoxy) is 3. The average Bonchev–Trinajstić information content (AvgIpc) is 3.61. The summed E-state index contributed by atoms with van der Waals surface area (Å²) < 4.78 is 20.2. The predicted octanol–water partition coefficient (Wildman–Crippen LogP) is 6.68. The Morgan fingerprint density at radius 3 is 2.44 bits per heavy atom. The Morgan fingerprint density at radius 1 is 0.842 bits per heavy atom. The van der Waals surface area contributed by atoms with Crippen LogP contribution in [0.25, 0.3) is 32.9 Å². The van der Waals surface area contributed by atoms with Crippen molar-refractivity contribution in [1.29, 1.82) is 0 Å². The maximum Gasteiger partial charge on any atom is 0.262 e. The lowest BCUT2D eigenvalue weighted by Gasteiger charge is -2.58. The Morgan fingerprint density at radius 2 is 1.63 bits per heavy atom. The number of carbonyl (C=O) groups excluding carboxylic acids is 3. The number of nitrogens with one attached hydrogen (secondary N) is 1. The van der Waals surface area contributed by atoms with E-state index < -0.39 is 17.9 Å². The highest BCUT2D eigenvalue weighted by Crippen LogP contribution is 2.49. The molecule has 9 rings (SSSR count). The van der Waals surface area contributed by atoms with Gasteiger partial charge in [-0.3, -0.25) is 24.3 Å². The van der Waals surface area contributed by atoms with E-state index in [4.69, 9.17) is 14.2 Å². The fourth-order valence-electron chi connectivity index (χ4n) is 9.09. The van der Waals surface area contributed by atoms with Crippen LogP contribution in [0.2, 0.25) is 0 Å². The summed E-state index contributed by atoms with van der Waals surface area (Å²) in [5, 5.41) is 5.03. The fourth-order valence-corrected chi connectivity index (χ4v) is 9.09. The molecule has 2 aromatic carbocycles. The van der Waals surface area contributed by atoms with Crippen LogP contribution < -0.4 is 14.8 Å². The largest absolute Gasteiger partial charge is 0.494 e. The molecule has 12 heteroatoms. The van der Waals surface area contributed by atoms with E-state index in [0.29, 0.717) is 54.4 Å². The fraction of sp³-hybridized carbons (Fsp3) is 0.400. The van der Waals surface area contributed by atoms with Gasteiger partial charge in [0.2, 0.25) is 11.8 Å². The van der Waals surface area contributed by atoms with Crippen LogP contribution in [0.1, 0.15) is 72.1 Å². The monoisotopic (exact) mass is 768 g/mol. The maximum absolute atomic E-state index is 13.1. The van der Waals surface area contributed by atoms with Crippen molar-refractivity contribution in [3.63, 3.8) is 0 Å². The molecule has 57 heavy (non-hydrogen) atoms. The van der Waals surface area contributed by atoms with Crippen molar-refractivity contribution >= 4 is 39.5 Å². The van der Waals surface area contributed by atoms with Gasteiger partial charge in [0, 0.05) is 91.0 Å². The molecule has 3 aromatic heterocycles. The maximum atomic E-state index is 13.1. The molecule has 3 aliphatic heterocycles. The lowest BCUT2D eigenvalue weighted by atomic mass is 9.61. The van der Waals surface area contributed by atoms with Gasteiger partial charge in [0.25, 0.3) is 11.8 Å². The number of rotatable bonds is 15. The topological polar surface area (TPSA) is 128 Å². The van der Waals surface area contributed by atoms with E-state index in [-0.39, 0.29) is 17.6 Å². The molecule has 12 nitrogen and oxygen atoms in total. The summed E-state index contributed by atoms with van der Waals surface area (Å²) in [4.78, 5) is 51.1. The number of benzene rings is 2. The third-order valence-electron chi connectivity index (χ3n) is 12.1. The second-order valence-electron chi connectivity index (χ2n) is 16.1. The molecular formula is C45H48N6O6. The molecule has 4 aliphatic rings. The molecule has 1 aliphatic carbocycles. The number of hydrogen-bond donors (Lipinski definition) is 1. The van der Waals surface area contributed by atoms with Crippen molar-refractivity contribution < 1.29 is 28.6 Å². The Hall–Kier alpha value is -5.59. The quantitative estimate of drug-likeness (QED) is 0.0917. The van der Waals surface area contributed by atoms with Crippen LogP contribution in [0.4, 0.5) is 0 Å². The number of aromatic nitrogens is 3. The summed E-state index contributed by atoms with van der Waals surface area (Å²) >= 11 is 0. The second kappa shape index (κ2) is 15.4. The summed E-state index contributed by atoms with van der Waals surface area (Å²) in [6.45, 7) is 9.08.